The van der Waals surface area contributed by atoms with Crippen molar-refractivity contribution < 1.29 is 52.3 Å². The third kappa shape index (κ3) is 13.7. The Labute approximate surface area is 229 Å². The molecule has 1 aromatic carbocycles. The fraction of sp³-hybridized carbons (Fsp3) is 0.630. The summed E-state index contributed by atoms with van der Waals surface area (Å²) in [5, 5.41) is 0. The Morgan fingerprint density at radius 3 is 1.87 bits per heavy atom. The Balaban J connectivity index is 2.83. The first-order chi connectivity index (χ1) is 18.2. The smallest absolute Gasteiger partial charge is 0.458 e. The van der Waals surface area contributed by atoms with Gasteiger partial charge in [-0.25, -0.2) is 14.4 Å². The van der Waals surface area contributed by atoms with Gasteiger partial charge in [-0.05, 0) is 56.2 Å². The molecule has 0 aliphatic heterocycles. The molecule has 1 rings (SSSR count). The van der Waals surface area contributed by atoms with E-state index < -0.39 is 42.7 Å². The lowest BCUT2D eigenvalue weighted by Crippen LogP contribution is -2.39. The highest BCUT2D eigenvalue weighted by atomic mass is 16.7. The highest BCUT2D eigenvalue weighted by Gasteiger charge is 2.26. The second-order valence-corrected chi connectivity index (χ2v) is 10.1. The molecule has 0 saturated carbocycles. The second-order valence-electron chi connectivity index (χ2n) is 10.1. The summed E-state index contributed by atoms with van der Waals surface area (Å²) >= 11 is 0. The molecule has 0 aliphatic carbocycles. The summed E-state index contributed by atoms with van der Waals surface area (Å²) in [5.74, 6) is -0.941. The van der Waals surface area contributed by atoms with Crippen molar-refractivity contribution in [2.45, 2.75) is 86.0 Å². The predicted octanol–water partition coefficient (Wildman–Crippen LogP) is 4.93. The van der Waals surface area contributed by atoms with Crippen molar-refractivity contribution in [3.63, 3.8) is 0 Å². The molecule has 0 heterocycles. The number of rotatable bonds is 13. The van der Waals surface area contributed by atoms with Gasteiger partial charge in [0.2, 0.25) is 0 Å². The molecule has 1 aromatic rings. The summed E-state index contributed by atoms with van der Waals surface area (Å²) in [4.78, 5) is 48.4. The number of hydrogen-bond acceptors (Lipinski definition) is 12. The van der Waals surface area contributed by atoms with E-state index in [2.05, 4.69) is 0 Å². The zero-order valence-electron chi connectivity index (χ0n) is 23.8. The standard InChI is InChI=1S/C27H41NO11/c1-8-12-33-24(30)38-21-11-10-19(15-22(21)39-25(31)34-13-9-2)14-20(28)23(29)36-17(3)18(4)37-26(32)35-16-27(5,6)7/h10-11,15,17-18,20H,8-9,12-14,16,28H2,1-7H3/t17-,18?,20-/m0/s1. The van der Waals surface area contributed by atoms with Gasteiger partial charge in [-0.2, -0.15) is 0 Å². The molecule has 2 N–H and O–H groups in total. The minimum atomic E-state index is -1.10. The van der Waals surface area contributed by atoms with Gasteiger partial charge in [0.1, 0.15) is 18.2 Å². The highest BCUT2D eigenvalue weighted by molar-refractivity contribution is 5.76. The van der Waals surface area contributed by atoms with Gasteiger partial charge >= 0.3 is 24.4 Å². The summed E-state index contributed by atoms with van der Waals surface area (Å²) in [5.41, 5.74) is 6.30. The van der Waals surface area contributed by atoms with Crippen molar-refractivity contribution in [3.05, 3.63) is 23.8 Å². The van der Waals surface area contributed by atoms with Crippen molar-refractivity contribution >= 4 is 24.4 Å². The molecule has 0 aliphatic rings. The number of nitrogens with two attached hydrogens (primary N) is 1. The maximum Gasteiger partial charge on any atom is 0.513 e. The Hall–Kier alpha value is -3.54. The van der Waals surface area contributed by atoms with Crippen LogP contribution in [0.1, 0.15) is 66.9 Å². The van der Waals surface area contributed by atoms with Crippen LogP contribution in [-0.4, -0.2) is 62.5 Å². The summed E-state index contributed by atoms with van der Waals surface area (Å²) in [6.07, 6.45) is -3.24. The Morgan fingerprint density at radius 1 is 0.795 bits per heavy atom. The minimum absolute atomic E-state index is 0.00462. The van der Waals surface area contributed by atoms with E-state index in [4.69, 9.17) is 38.9 Å². The lowest BCUT2D eigenvalue weighted by atomic mass is 9.99. The van der Waals surface area contributed by atoms with Gasteiger partial charge in [0.05, 0.1) is 19.8 Å². The molecule has 1 unspecified atom stereocenters. The molecule has 39 heavy (non-hydrogen) atoms. The molecular weight excluding hydrogens is 514 g/mol. The number of ether oxygens (including phenoxy) is 7. The number of carbonyl (C=O) groups is 4. The minimum Gasteiger partial charge on any atom is -0.458 e. The number of benzene rings is 1. The van der Waals surface area contributed by atoms with Crippen molar-refractivity contribution in [1.82, 2.24) is 0 Å². The molecule has 0 spiro atoms. The predicted molar refractivity (Wildman–Crippen MR) is 140 cm³/mol. The van der Waals surface area contributed by atoms with Gasteiger partial charge in [-0.15, -0.1) is 0 Å². The van der Waals surface area contributed by atoms with Crippen LogP contribution >= 0.6 is 0 Å². The molecule has 220 valence electrons. The van der Waals surface area contributed by atoms with Crippen LogP contribution in [0.3, 0.4) is 0 Å². The van der Waals surface area contributed by atoms with E-state index in [0.717, 1.165) is 0 Å². The van der Waals surface area contributed by atoms with Crippen LogP contribution in [0.4, 0.5) is 14.4 Å². The molecule has 12 heteroatoms. The van der Waals surface area contributed by atoms with Gasteiger partial charge in [0.25, 0.3) is 0 Å². The third-order valence-electron chi connectivity index (χ3n) is 4.87. The van der Waals surface area contributed by atoms with E-state index in [1.807, 2.05) is 34.6 Å². The lowest BCUT2D eigenvalue weighted by molar-refractivity contribution is -0.155. The van der Waals surface area contributed by atoms with E-state index in [1.165, 1.54) is 12.1 Å². The molecule has 0 bridgehead atoms. The largest absolute Gasteiger partial charge is 0.513 e. The molecule has 0 fully saturated rings. The van der Waals surface area contributed by atoms with Crippen LogP contribution < -0.4 is 15.2 Å². The van der Waals surface area contributed by atoms with E-state index in [1.54, 1.807) is 19.9 Å². The normalized spacial score (nSPS) is 13.3. The van der Waals surface area contributed by atoms with Gasteiger partial charge in [0, 0.05) is 0 Å². The molecular formula is C27H41NO11. The Morgan fingerprint density at radius 2 is 1.33 bits per heavy atom. The second kappa shape index (κ2) is 16.4. The van der Waals surface area contributed by atoms with Crippen molar-refractivity contribution in [1.29, 1.82) is 0 Å². The summed E-state index contributed by atoms with van der Waals surface area (Å²) in [7, 11) is 0. The van der Waals surface area contributed by atoms with Crippen LogP contribution in [0.5, 0.6) is 11.5 Å². The zero-order chi connectivity index (χ0) is 29.6. The molecule has 3 atom stereocenters. The molecule has 12 nitrogen and oxygen atoms in total. The SMILES string of the molecule is CCCOC(=O)Oc1ccc(C[C@H](N)C(=O)O[C@@H](C)C(C)OC(=O)OCC(C)(C)C)cc1OC(=O)OCCC. The number of hydrogen-bond donors (Lipinski definition) is 1. The third-order valence-corrected chi connectivity index (χ3v) is 4.87. The Kier molecular flexibility index (Phi) is 14.1. The highest BCUT2D eigenvalue weighted by Crippen LogP contribution is 2.30. The van der Waals surface area contributed by atoms with E-state index >= 15 is 0 Å². The van der Waals surface area contributed by atoms with Crippen LogP contribution in [0.2, 0.25) is 0 Å². The number of carbonyl (C=O) groups excluding carboxylic acids is 4. The van der Waals surface area contributed by atoms with Crippen molar-refractivity contribution in [2.24, 2.45) is 11.1 Å². The average Bonchev–Trinajstić information content (AvgIpc) is 2.85. The quantitative estimate of drug-likeness (QED) is 0.199. The summed E-state index contributed by atoms with van der Waals surface area (Å²) in [6, 6.07) is 3.21. The van der Waals surface area contributed by atoms with E-state index in [-0.39, 0.29) is 43.2 Å². The maximum absolute atomic E-state index is 12.6. The Bertz CT molecular complexity index is 958. The molecule has 0 amide bonds. The van der Waals surface area contributed by atoms with Crippen molar-refractivity contribution in [2.75, 3.05) is 19.8 Å². The fourth-order valence-corrected chi connectivity index (χ4v) is 2.71. The van der Waals surface area contributed by atoms with Gasteiger partial charge < -0.3 is 38.9 Å². The fourth-order valence-electron chi connectivity index (χ4n) is 2.71. The monoisotopic (exact) mass is 555 g/mol. The topological polar surface area (TPSA) is 159 Å². The van der Waals surface area contributed by atoms with E-state index in [9.17, 15) is 19.2 Å². The maximum atomic E-state index is 12.6. The van der Waals surface area contributed by atoms with Gasteiger partial charge in [-0.3, -0.25) is 4.79 Å². The summed E-state index contributed by atoms with van der Waals surface area (Å²) < 4.78 is 35.8. The van der Waals surface area contributed by atoms with Gasteiger partial charge in [-0.1, -0.05) is 40.7 Å². The first-order valence-electron chi connectivity index (χ1n) is 12.9. The average molecular weight is 556 g/mol. The van der Waals surface area contributed by atoms with Crippen LogP contribution in [0.25, 0.3) is 0 Å². The van der Waals surface area contributed by atoms with Crippen LogP contribution in [0, 0.1) is 5.41 Å². The van der Waals surface area contributed by atoms with E-state index in [0.29, 0.717) is 18.4 Å². The molecule has 0 aromatic heterocycles. The first kappa shape index (κ1) is 33.5. The van der Waals surface area contributed by atoms with Crippen LogP contribution in [-0.2, 0) is 34.9 Å². The lowest BCUT2D eigenvalue weighted by Gasteiger charge is -2.23. The van der Waals surface area contributed by atoms with Crippen LogP contribution in [0.15, 0.2) is 18.2 Å². The molecule has 0 radical (unpaired) electrons. The van der Waals surface area contributed by atoms with Gasteiger partial charge in [0.15, 0.2) is 11.5 Å². The number of esters is 1. The summed E-state index contributed by atoms with van der Waals surface area (Å²) in [6.45, 7) is 13.0. The van der Waals surface area contributed by atoms with Crippen molar-refractivity contribution in [3.8, 4) is 11.5 Å². The first-order valence-corrected chi connectivity index (χ1v) is 12.9. The zero-order valence-corrected chi connectivity index (χ0v) is 23.8. The molecule has 0 saturated heterocycles.